The maximum Gasteiger partial charge on any atom is 0.112 e. The Kier molecular flexibility index (Phi) is 2.84. The maximum atomic E-state index is 5.78. The van der Waals surface area contributed by atoms with Gasteiger partial charge in [-0.3, -0.25) is 0 Å². The third-order valence-electron chi connectivity index (χ3n) is 3.16. The number of hydrogen-bond donors (Lipinski definition) is 0. The molecule has 4 atom stereocenters. The van der Waals surface area contributed by atoms with Crippen LogP contribution >= 0.6 is 0 Å². The highest BCUT2D eigenvalue weighted by Crippen LogP contribution is 2.38. The van der Waals surface area contributed by atoms with Crippen LogP contribution in [0.1, 0.15) is 27.2 Å². The number of hydrogen-bond acceptors (Lipinski definition) is 2. The maximum absolute atomic E-state index is 5.78. The van der Waals surface area contributed by atoms with E-state index in [-0.39, 0.29) is 17.7 Å². The average molecular weight is 168 g/mol. The van der Waals surface area contributed by atoms with Gasteiger partial charge in [0.1, 0.15) is 7.85 Å². The summed E-state index contributed by atoms with van der Waals surface area (Å²) in [6.07, 6.45) is 1.01. The van der Waals surface area contributed by atoms with Crippen molar-refractivity contribution < 1.29 is 9.47 Å². The van der Waals surface area contributed by atoms with Gasteiger partial charge in [0.05, 0.1) is 11.7 Å². The lowest BCUT2D eigenvalue weighted by Gasteiger charge is -2.27. The first-order valence-electron chi connectivity index (χ1n) is 4.51. The molecule has 0 spiro atoms. The van der Waals surface area contributed by atoms with Gasteiger partial charge in [-0.05, 0) is 13.3 Å². The standard InChI is InChI=1S/C9H17BO2/c1-5-9(3)6(2)7(11-4)8(10)12-9/h6-8H,5H2,1-4H3/t6?,7-,8+,9+/m0/s1. The topological polar surface area (TPSA) is 18.5 Å². The molecule has 1 fully saturated rings. The van der Waals surface area contributed by atoms with Crippen LogP contribution < -0.4 is 0 Å². The van der Waals surface area contributed by atoms with Crippen molar-refractivity contribution in [3.8, 4) is 0 Å². The van der Waals surface area contributed by atoms with Crippen LogP contribution in [0, 0.1) is 5.92 Å². The van der Waals surface area contributed by atoms with E-state index in [1.54, 1.807) is 7.11 Å². The van der Waals surface area contributed by atoms with E-state index in [1.807, 2.05) is 0 Å². The van der Waals surface area contributed by atoms with Gasteiger partial charge in [-0.1, -0.05) is 13.8 Å². The van der Waals surface area contributed by atoms with Crippen molar-refractivity contribution in [3.05, 3.63) is 0 Å². The van der Waals surface area contributed by atoms with Gasteiger partial charge in [0.25, 0.3) is 0 Å². The first-order valence-corrected chi connectivity index (χ1v) is 4.51. The molecule has 0 bridgehead atoms. The van der Waals surface area contributed by atoms with Crippen molar-refractivity contribution >= 4 is 7.85 Å². The summed E-state index contributed by atoms with van der Waals surface area (Å²) in [7, 11) is 7.47. The summed E-state index contributed by atoms with van der Waals surface area (Å²) in [6.45, 7) is 6.34. The molecule has 12 heavy (non-hydrogen) atoms. The number of rotatable bonds is 2. The molecule has 0 N–H and O–H groups in total. The van der Waals surface area contributed by atoms with Gasteiger partial charge in [0.2, 0.25) is 0 Å². The van der Waals surface area contributed by atoms with E-state index in [0.717, 1.165) is 6.42 Å². The van der Waals surface area contributed by atoms with Gasteiger partial charge in [0.15, 0.2) is 0 Å². The molecule has 0 aliphatic carbocycles. The summed E-state index contributed by atoms with van der Waals surface area (Å²) in [5.41, 5.74) is -0.111. The highest BCUT2D eigenvalue weighted by atomic mass is 16.6. The van der Waals surface area contributed by atoms with E-state index in [9.17, 15) is 0 Å². The van der Waals surface area contributed by atoms with Crippen LogP contribution in [-0.2, 0) is 9.47 Å². The second-order valence-corrected chi connectivity index (χ2v) is 3.74. The minimum absolute atomic E-state index is 0.0370. The lowest BCUT2D eigenvalue weighted by Crippen LogP contribution is -2.33. The SMILES string of the molecule is [B][C@@H]1O[C@](C)(CC)C(C)[C@@H]1OC. The Bertz CT molecular complexity index is 163. The zero-order valence-electron chi connectivity index (χ0n) is 8.33. The van der Waals surface area contributed by atoms with E-state index < -0.39 is 0 Å². The highest BCUT2D eigenvalue weighted by molar-refractivity contribution is 6.11. The van der Waals surface area contributed by atoms with Gasteiger partial charge in [0, 0.05) is 19.0 Å². The van der Waals surface area contributed by atoms with Gasteiger partial charge in [-0.2, -0.15) is 0 Å². The summed E-state index contributed by atoms with van der Waals surface area (Å²) in [6, 6.07) is -0.269. The summed E-state index contributed by atoms with van der Waals surface area (Å²) >= 11 is 0. The lowest BCUT2D eigenvalue weighted by molar-refractivity contribution is -0.0203. The van der Waals surface area contributed by atoms with Crippen LogP contribution in [0.4, 0.5) is 0 Å². The fourth-order valence-corrected chi connectivity index (χ4v) is 1.86. The Labute approximate surface area is 76.0 Å². The van der Waals surface area contributed by atoms with Crippen molar-refractivity contribution in [1.82, 2.24) is 0 Å². The average Bonchev–Trinajstić information content (AvgIpc) is 2.25. The van der Waals surface area contributed by atoms with Crippen LogP contribution in [0.25, 0.3) is 0 Å². The fourth-order valence-electron chi connectivity index (χ4n) is 1.86. The molecule has 0 aromatic heterocycles. The van der Waals surface area contributed by atoms with Crippen molar-refractivity contribution in [1.29, 1.82) is 0 Å². The molecule has 0 saturated carbocycles. The molecule has 1 heterocycles. The lowest BCUT2D eigenvalue weighted by atomic mass is 9.82. The van der Waals surface area contributed by atoms with Crippen molar-refractivity contribution in [3.63, 3.8) is 0 Å². The minimum Gasteiger partial charge on any atom is -0.379 e. The molecule has 3 heteroatoms. The van der Waals surface area contributed by atoms with E-state index in [1.165, 1.54) is 0 Å². The summed E-state index contributed by atoms with van der Waals surface area (Å²) in [4.78, 5) is 0. The molecule has 2 nitrogen and oxygen atoms in total. The molecule has 1 aliphatic rings. The van der Waals surface area contributed by atoms with Gasteiger partial charge in [-0.25, -0.2) is 0 Å². The summed E-state index contributed by atoms with van der Waals surface area (Å²) in [5.74, 6) is 0.363. The highest BCUT2D eigenvalue weighted by Gasteiger charge is 2.46. The fraction of sp³-hybridized carbons (Fsp3) is 1.00. The Morgan fingerprint density at radius 2 is 2.17 bits per heavy atom. The van der Waals surface area contributed by atoms with Crippen molar-refractivity contribution in [2.75, 3.05) is 7.11 Å². The second kappa shape index (κ2) is 3.39. The van der Waals surface area contributed by atoms with Crippen LogP contribution in [0.3, 0.4) is 0 Å². The molecular formula is C9H17BO2. The predicted molar refractivity (Wildman–Crippen MR) is 49.3 cm³/mol. The Balaban J connectivity index is 2.74. The third kappa shape index (κ3) is 1.40. The number of methoxy groups -OCH3 is 1. The largest absolute Gasteiger partial charge is 0.379 e. The first-order chi connectivity index (χ1) is 5.55. The van der Waals surface area contributed by atoms with E-state index in [2.05, 4.69) is 20.8 Å². The molecular weight excluding hydrogens is 151 g/mol. The van der Waals surface area contributed by atoms with Crippen LogP contribution in [0.15, 0.2) is 0 Å². The van der Waals surface area contributed by atoms with Gasteiger partial charge >= 0.3 is 0 Å². The third-order valence-corrected chi connectivity index (χ3v) is 3.16. The molecule has 1 saturated heterocycles. The quantitative estimate of drug-likeness (QED) is 0.579. The molecule has 1 unspecified atom stereocenters. The van der Waals surface area contributed by atoms with E-state index in [0.29, 0.717) is 5.92 Å². The molecule has 0 aromatic rings. The Morgan fingerprint density at radius 3 is 2.42 bits per heavy atom. The normalized spacial score (nSPS) is 48.2. The smallest absolute Gasteiger partial charge is 0.112 e. The molecule has 2 radical (unpaired) electrons. The van der Waals surface area contributed by atoms with Crippen molar-refractivity contribution in [2.24, 2.45) is 5.92 Å². The van der Waals surface area contributed by atoms with Gasteiger partial charge < -0.3 is 9.47 Å². The summed E-state index contributed by atoms with van der Waals surface area (Å²) in [5, 5.41) is 0. The van der Waals surface area contributed by atoms with Crippen molar-refractivity contribution in [2.45, 2.75) is 44.9 Å². The van der Waals surface area contributed by atoms with Crippen LogP contribution in [-0.4, -0.2) is 32.7 Å². The van der Waals surface area contributed by atoms with E-state index >= 15 is 0 Å². The monoisotopic (exact) mass is 168 g/mol. The molecule has 1 aliphatic heterocycles. The molecule has 0 amide bonds. The molecule has 1 rings (SSSR count). The Morgan fingerprint density at radius 1 is 1.58 bits per heavy atom. The zero-order chi connectivity index (χ0) is 9.35. The first kappa shape index (κ1) is 10.1. The van der Waals surface area contributed by atoms with Crippen LogP contribution in [0.2, 0.25) is 0 Å². The van der Waals surface area contributed by atoms with E-state index in [4.69, 9.17) is 17.3 Å². The summed E-state index contributed by atoms with van der Waals surface area (Å²) < 4.78 is 10.9. The molecule has 68 valence electrons. The Hall–Kier alpha value is -0.0151. The van der Waals surface area contributed by atoms with Crippen LogP contribution in [0.5, 0.6) is 0 Å². The predicted octanol–water partition coefficient (Wildman–Crippen LogP) is 1.33. The zero-order valence-corrected chi connectivity index (χ0v) is 8.33. The minimum atomic E-state index is -0.269. The number of ether oxygens (including phenoxy) is 2. The van der Waals surface area contributed by atoms with Gasteiger partial charge in [-0.15, -0.1) is 0 Å². The second-order valence-electron chi connectivity index (χ2n) is 3.74. The molecule has 0 aromatic carbocycles.